The highest BCUT2D eigenvalue weighted by molar-refractivity contribution is 14.1. The van der Waals surface area contributed by atoms with Gasteiger partial charge in [0.2, 0.25) is 0 Å². The molecule has 3 rings (SSSR count). The molecule has 7 heteroatoms. The number of ether oxygens (including phenoxy) is 1. The third-order valence-corrected chi connectivity index (χ3v) is 5.01. The van der Waals surface area contributed by atoms with Gasteiger partial charge in [-0.1, -0.05) is 11.6 Å². The van der Waals surface area contributed by atoms with Gasteiger partial charge in [0.1, 0.15) is 27.5 Å². The van der Waals surface area contributed by atoms with Crippen molar-refractivity contribution < 1.29 is 4.74 Å². The van der Waals surface area contributed by atoms with Crippen molar-refractivity contribution in [1.29, 1.82) is 5.26 Å². The largest absolute Gasteiger partial charge is 0.495 e. The molecular formula is C14H7ClIN3OS. The molecule has 0 aliphatic rings. The lowest BCUT2D eigenvalue weighted by Crippen LogP contribution is -1.92. The predicted molar refractivity (Wildman–Crippen MR) is 91.8 cm³/mol. The minimum atomic E-state index is 0.392. The highest BCUT2D eigenvalue weighted by atomic mass is 127. The lowest BCUT2D eigenvalue weighted by atomic mass is 10.2. The van der Waals surface area contributed by atoms with E-state index < -0.39 is 0 Å². The van der Waals surface area contributed by atoms with Crippen LogP contribution >= 0.6 is 45.5 Å². The molecule has 0 saturated carbocycles. The summed E-state index contributed by atoms with van der Waals surface area (Å²) in [5, 5.41) is 12.7. The average Bonchev–Trinajstić information content (AvgIpc) is 2.97. The Kier molecular flexibility index (Phi) is 3.97. The van der Waals surface area contributed by atoms with Crippen molar-refractivity contribution in [3.05, 3.63) is 37.9 Å². The first-order chi connectivity index (χ1) is 10.1. The Balaban J connectivity index is 2.26. The van der Waals surface area contributed by atoms with Crippen molar-refractivity contribution in [1.82, 2.24) is 9.97 Å². The number of nitriles is 1. The summed E-state index contributed by atoms with van der Waals surface area (Å²) < 4.78 is 6.25. The predicted octanol–water partition coefficient (Wildman–Crippen LogP) is 4.50. The van der Waals surface area contributed by atoms with Crippen molar-refractivity contribution in [3.8, 4) is 22.5 Å². The maximum atomic E-state index is 8.87. The zero-order chi connectivity index (χ0) is 15.0. The Morgan fingerprint density at radius 3 is 2.86 bits per heavy atom. The summed E-state index contributed by atoms with van der Waals surface area (Å²) in [6.45, 7) is 0. The van der Waals surface area contributed by atoms with E-state index in [1.54, 1.807) is 12.5 Å². The fourth-order valence-electron chi connectivity index (χ4n) is 1.91. The molecule has 2 heterocycles. The third kappa shape index (κ3) is 2.57. The van der Waals surface area contributed by atoms with Gasteiger partial charge in [-0.25, -0.2) is 9.97 Å². The number of hydrogen-bond acceptors (Lipinski definition) is 5. The highest BCUT2D eigenvalue weighted by Crippen LogP contribution is 2.35. The Morgan fingerprint density at radius 1 is 1.38 bits per heavy atom. The van der Waals surface area contributed by atoms with E-state index >= 15 is 0 Å². The zero-order valence-corrected chi connectivity index (χ0v) is 14.5. The number of methoxy groups -OCH3 is 1. The topological polar surface area (TPSA) is 58.8 Å². The smallest absolute Gasteiger partial charge is 0.152 e. The van der Waals surface area contributed by atoms with Gasteiger partial charge >= 0.3 is 0 Å². The molecule has 1 aromatic carbocycles. The minimum absolute atomic E-state index is 0.392. The van der Waals surface area contributed by atoms with Gasteiger partial charge in [0.05, 0.1) is 12.6 Å². The normalized spacial score (nSPS) is 10.6. The third-order valence-electron chi connectivity index (χ3n) is 2.89. The van der Waals surface area contributed by atoms with Crippen molar-refractivity contribution >= 4 is 56.4 Å². The molecule has 104 valence electrons. The second kappa shape index (κ2) is 5.75. The van der Waals surface area contributed by atoms with Gasteiger partial charge in [0.25, 0.3) is 0 Å². The van der Waals surface area contributed by atoms with Crippen molar-refractivity contribution in [3.63, 3.8) is 0 Å². The molecule has 0 fully saturated rings. The second-order valence-electron chi connectivity index (χ2n) is 4.12. The van der Waals surface area contributed by atoms with Crippen LogP contribution < -0.4 is 4.74 Å². The van der Waals surface area contributed by atoms with Gasteiger partial charge in [0, 0.05) is 14.3 Å². The van der Waals surface area contributed by atoms with E-state index in [0.717, 1.165) is 8.96 Å². The molecule has 0 aliphatic heterocycles. The number of aromatic nitrogens is 2. The Morgan fingerprint density at radius 2 is 2.19 bits per heavy atom. The van der Waals surface area contributed by atoms with Gasteiger partial charge in [-0.15, -0.1) is 11.3 Å². The molecule has 0 N–H and O–H groups in total. The van der Waals surface area contributed by atoms with Crippen LogP contribution in [-0.2, 0) is 0 Å². The summed E-state index contributed by atoms with van der Waals surface area (Å²) in [5.74, 6) is 0.585. The summed E-state index contributed by atoms with van der Waals surface area (Å²) in [7, 11) is 1.57. The summed E-state index contributed by atoms with van der Waals surface area (Å²) in [5.41, 5.74) is 1.77. The maximum Gasteiger partial charge on any atom is 0.152 e. The highest BCUT2D eigenvalue weighted by Gasteiger charge is 2.14. The number of hydrogen-bond donors (Lipinski definition) is 0. The quantitative estimate of drug-likeness (QED) is 0.565. The number of nitrogens with zero attached hydrogens (tertiary/aromatic N) is 3. The molecule has 0 unspecified atom stereocenters. The molecule has 0 atom stereocenters. The molecule has 2 aromatic heterocycles. The Hall–Kier alpha value is -1.43. The molecule has 0 spiro atoms. The van der Waals surface area contributed by atoms with Gasteiger partial charge in [0.15, 0.2) is 5.69 Å². The maximum absolute atomic E-state index is 8.87. The van der Waals surface area contributed by atoms with Gasteiger partial charge in [-0.05, 0) is 40.8 Å². The molecule has 21 heavy (non-hydrogen) atoms. The molecule has 0 saturated heterocycles. The lowest BCUT2D eigenvalue weighted by molar-refractivity contribution is 0.415. The van der Waals surface area contributed by atoms with E-state index in [1.165, 1.54) is 11.3 Å². The number of halogens is 2. The number of pyridine rings is 1. The van der Waals surface area contributed by atoms with Crippen molar-refractivity contribution in [2.24, 2.45) is 0 Å². The lowest BCUT2D eigenvalue weighted by Gasteiger charge is -2.08. The summed E-state index contributed by atoms with van der Waals surface area (Å²) in [4.78, 5) is 8.82. The van der Waals surface area contributed by atoms with Crippen LogP contribution in [0.1, 0.15) is 5.69 Å². The molecular weight excluding hydrogens is 421 g/mol. The first-order valence-corrected chi connectivity index (χ1v) is 8.16. The Bertz CT molecular complexity index is 888. The van der Waals surface area contributed by atoms with Crippen LogP contribution in [0.2, 0.25) is 5.02 Å². The van der Waals surface area contributed by atoms with Gasteiger partial charge in [-0.2, -0.15) is 5.26 Å². The Labute approximate surface area is 143 Å². The minimum Gasteiger partial charge on any atom is -0.495 e. The monoisotopic (exact) mass is 427 g/mol. The molecule has 3 aromatic rings. The van der Waals surface area contributed by atoms with Crippen LogP contribution in [0.25, 0.3) is 21.6 Å². The van der Waals surface area contributed by atoms with Crippen LogP contribution in [0.5, 0.6) is 5.75 Å². The van der Waals surface area contributed by atoms with Crippen LogP contribution in [0.3, 0.4) is 0 Å². The number of benzene rings is 1. The first-order valence-electron chi connectivity index (χ1n) is 5.82. The summed E-state index contributed by atoms with van der Waals surface area (Å²) in [6.07, 6.45) is 0. The van der Waals surface area contributed by atoms with Crippen molar-refractivity contribution in [2.75, 3.05) is 7.11 Å². The van der Waals surface area contributed by atoms with Crippen LogP contribution in [-0.4, -0.2) is 17.1 Å². The van der Waals surface area contributed by atoms with E-state index in [1.807, 2.05) is 24.3 Å². The number of fused-ring (bicyclic) bond motifs is 1. The summed E-state index contributed by atoms with van der Waals surface area (Å²) >= 11 is 9.97. The molecule has 4 nitrogen and oxygen atoms in total. The molecule has 0 bridgehead atoms. The van der Waals surface area contributed by atoms with E-state index in [9.17, 15) is 0 Å². The molecule has 0 aliphatic carbocycles. The van der Waals surface area contributed by atoms with E-state index in [-0.39, 0.29) is 0 Å². The van der Waals surface area contributed by atoms with E-state index in [0.29, 0.717) is 32.7 Å². The first kappa shape index (κ1) is 14.5. The van der Waals surface area contributed by atoms with Gasteiger partial charge < -0.3 is 4.74 Å². The fourth-order valence-corrected chi connectivity index (χ4v) is 3.63. The SMILES string of the molecule is COc1ccc2c(I)cc(-c3nc(C#N)cs3)nc2c1Cl. The van der Waals surface area contributed by atoms with Crippen molar-refractivity contribution in [2.45, 2.75) is 0 Å². The number of rotatable bonds is 2. The van der Waals surface area contributed by atoms with Crippen LogP contribution in [0.4, 0.5) is 0 Å². The van der Waals surface area contributed by atoms with E-state index in [4.69, 9.17) is 21.6 Å². The van der Waals surface area contributed by atoms with Crippen LogP contribution in [0.15, 0.2) is 23.6 Å². The van der Waals surface area contributed by atoms with E-state index in [2.05, 4.69) is 32.6 Å². The second-order valence-corrected chi connectivity index (χ2v) is 6.52. The molecule has 0 amide bonds. The zero-order valence-electron chi connectivity index (χ0n) is 10.7. The van der Waals surface area contributed by atoms with Crippen LogP contribution in [0, 0.1) is 14.9 Å². The number of thiazole rings is 1. The average molecular weight is 428 g/mol. The fraction of sp³-hybridized carbons (Fsp3) is 0.0714. The summed E-state index contributed by atoms with van der Waals surface area (Å²) in [6, 6.07) is 7.71. The standard InChI is InChI=1S/C14H7ClIN3OS/c1-20-11-3-2-8-9(16)4-10(19-13(8)12(11)15)14-18-7(5-17)6-21-14/h2-4,6H,1H3. The van der Waals surface area contributed by atoms with Gasteiger partial charge in [-0.3, -0.25) is 0 Å². The molecule has 0 radical (unpaired) electrons.